The lowest BCUT2D eigenvalue weighted by molar-refractivity contribution is -0.122. The lowest BCUT2D eigenvalue weighted by atomic mass is 10.2. The number of amides is 4. The van der Waals surface area contributed by atoms with Crippen LogP contribution in [0.2, 0.25) is 0 Å². The summed E-state index contributed by atoms with van der Waals surface area (Å²) in [6, 6.07) is 22.7. The van der Waals surface area contributed by atoms with Gasteiger partial charge in [-0.3, -0.25) is 19.2 Å². The summed E-state index contributed by atoms with van der Waals surface area (Å²) in [7, 11) is 8.06. The molecular formula is C54H68N16O4. The Balaban J connectivity index is 0.643. The fourth-order valence-corrected chi connectivity index (χ4v) is 9.26. The summed E-state index contributed by atoms with van der Waals surface area (Å²) in [5, 5.41) is 12.0. The van der Waals surface area contributed by atoms with Crippen molar-refractivity contribution in [3.8, 4) is 22.8 Å². The molecule has 0 atom stereocenters. The fraction of sp³-hybridized carbons (Fsp3) is 0.407. The highest BCUT2D eigenvalue weighted by atomic mass is 16.2. The SMILES string of the molecule is CN(C)CCCNC(=O)c1ccc2nc(-c3ccc4nc(CNC(=O)CCCN5CCN(CCCC(=O)NCc6nc7ccc(-c8nc9ccc(C(=O)NCCCN(C)C)cc9[nH]8)cc7[nH]6)CC5)[nH]c4c3)[nH]c2c1. The van der Waals surface area contributed by atoms with Crippen LogP contribution >= 0.6 is 0 Å². The molecule has 20 nitrogen and oxygen atoms in total. The van der Waals surface area contributed by atoms with Crippen molar-refractivity contribution in [3.63, 3.8) is 0 Å². The third kappa shape index (κ3) is 13.5. The van der Waals surface area contributed by atoms with Crippen molar-refractivity contribution in [3.05, 3.63) is 95.6 Å². The van der Waals surface area contributed by atoms with Crippen molar-refractivity contribution in [1.29, 1.82) is 0 Å². The molecule has 388 valence electrons. The molecule has 8 N–H and O–H groups in total. The highest BCUT2D eigenvalue weighted by Crippen LogP contribution is 2.26. The van der Waals surface area contributed by atoms with Crippen LogP contribution in [0.1, 0.15) is 70.9 Å². The number of hydrogen-bond acceptors (Lipinski definition) is 12. The Labute approximate surface area is 429 Å². The number of rotatable bonds is 24. The van der Waals surface area contributed by atoms with E-state index in [1.165, 1.54) is 0 Å². The quantitative estimate of drug-likeness (QED) is 0.0373. The molecule has 8 aromatic rings. The zero-order valence-corrected chi connectivity index (χ0v) is 42.9. The molecule has 1 aliphatic heterocycles. The van der Waals surface area contributed by atoms with E-state index in [9.17, 15) is 19.2 Å². The number of imidazole rings is 4. The molecule has 4 aromatic carbocycles. The smallest absolute Gasteiger partial charge is 0.251 e. The van der Waals surface area contributed by atoms with Crippen LogP contribution < -0.4 is 21.3 Å². The van der Waals surface area contributed by atoms with Crippen LogP contribution in [0.4, 0.5) is 0 Å². The lowest BCUT2D eigenvalue weighted by Gasteiger charge is -2.34. The lowest BCUT2D eigenvalue weighted by Crippen LogP contribution is -2.47. The molecule has 4 amide bonds. The number of benzene rings is 4. The zero-order chi connectivity index (χ0) is 51.6. The van der Waals surface area contributed by atoms with E-state index < -0.39 is 0 Å². The Bertz CT molecular complexity index is 3020. The van der Waals surface area contributed by atoms with Crippen LogP contribution in [-0.2, 0) is 22.7 Å². The predicted octanol–water partition coefficient (Wildman–Crippen LogP) is 5.00. The third-order valence-electron chi connectivity index (χ3n) is 13.4. The van der Waals surface area contributed by atoms with Crippen LogP contribution in [0, 0.1) is 0 Å². The minimum absolute atomic E-state index is 0.00864. The molecule has 0 aliphatic carbocycles. The average molecular weight is 1010 g/mol. The predicted molar refractivity (Wildman–Crippen MR) is 288 cm³/mol. The van der Waals surface area contributed by atoms with E-state index in [0.717, 1.165) is 133 Å². The maximum atomic E-state index is 12.8. The Morgan fingerprint density at radius 3 is 1.30 bits per heavy atom. The Hall–Kier alpha value is -7.52. The second-order valence-electron chi connectivity index (χ2n) is 19.7. The Morgan fingerprint density at radius 1 is 0.486 bits per heavy atom. The second-order valence-corrected chi connectivity index (χ2v) is 19.7. The number of hydrogen-bond donors (Lipinski definition) is 8. The van der Waals surface area contributed by atoms with Gasteiger partial charge in [0.1, 0.15) is 23.3 Å². The van der Waals surface area contributed by atoms with E-state index in [2.05, 4.69) is 70.8 Å². The molecular weight excluding hydrogens is 937 g/mol. The van der Waals surface area contributed by atoms with Crippen molar-refractivity contribution < 1.29 is 19.2 Å². The van der Waals surface area contributed by atoms with Crippen LogP contribution in [0.5, 0.6) is 0 Å². The minimum Gasteiger partial charge on any atom is -0.352 e. The molecule has 1 fully saturated rings. The maximum Gasteiger partial charge on any atom is 0.251 e. The molecule has 0 radical (unpaired) electrons. The van der Waals surface area contributed by atoms with E-state index >= 15 is 0 Å². The number of carbonyl (C=O) groups is 4. The first-order valence-electron chi connectivity index (χ1n) is 25.7. The molecule has 0 bridgehead atoms. The van der Waals surface area contributed by atoms with Gasteiger partial charge >= 0.3 is 0 Å². The summed E-state index contributed by atoms with van der Waals surface area (Å²) in [6.07, 6.45) is 4.17. The summed E-state index contributed by atoms with van der Waals surface area (Å²) < 4.78 is 0. The molecule has 5 heterocycles. The second kappa shape index (κ2) is 24.0. The van der Waals surface area contributed by atoms with Gasteiger partial charge in [-0.25, -0.2) is 19.9 Å². The minimum atomic E-state index is -0.105. The van der Waals surface area contributed by atoms with Gasteiger partial charge in [0.25, 0.3) is 11.8 Å². The molecule has 20 heteroatoms. The van der Waals surface area contributed by atoms with Gasteiger partial charge < -0.3 is 60.8 Å². The number of aromatic nitrogens is 8. The number of fused-ring (bicyclic) bond motifs is 4. The standard InChI is InChI=1S/C54H68N16O4/c1-67(2)21-7-19-55-53(73)37-13-17-41-45(31-37)65-51(63-41)35-11-15-39-43(29-35)61-47(59-39)33-57-49(71)9-5-23-69-25-27-70(28-26-69)24-6-10-50(72)58-34-48-60-40-16-12-36(30-44(40)62-48)52-64-42-18-14-38(32-46(42)66-52)54(74)56-20-8-22-68(3)4/h11-18,29-32H,5-10,19-28,33-34H2,1-4H3,(H,55,73)(H,56,74)(H,57,71)(H,58,72)(H,59,61)(H,60,62)(H,63,65)(H,64,66). The Morgan fingerprint density at radius 2 is 0.878 bits per heavy atom. The van der Waals surface area contributed by atoms with Crippen LogP contribution in [-0.4, -0.2) is 177 Å². The zero-order valence-electron chi connectivity index (χ0n) is 42.9. The van der Waals surface area contributed by atoms with Crippen LogP contribution in [0.3, 0.4) is 0 Å². The summed E-state index contributed by atoms with van der Waals surface area (Å²) in [5.41, 5.74) is 9.33. The third-order valence-corrected chi connectivity index (χ3v) is 13.4. The van der Waals surface area contributed by atoms with Gasteiger partial charge in [-0.1, -0.05) is 0 Å². The van der Waals surface area contributed by atoms with Gasteiger partial charge in [0.2, 0.25) is 11.8 Å². The van der Waals surface area contributed by atoms with Crippen LogP contribution in [0.15, 0.2) is 72.8 Å². The molecule has 0 spiro atoms. The number of nitrogens with one attached hydrogen (secondary N) is 8. The normalized spacial score (nSPS) is 13.5. The Kier molecular flexibility index (Phi) is 16.7. The van der Waals surface area contributed by atoms with Crippen molar-refractivity contribution in [2.24, 2.45) is 0 Å². The van der Waals surface area contributed by atoms with Crippen molar-refractivity contribution in [2.75, 3.05) is 93.6 Å². The number of piperazine rings is 1. The number of aromatic amines is 4. The highest BCUT2D eigenvalue weighted by Gasteiger charge is 2.19. The van der Waals surface area contributed by atoms with Crippen LogP contribution in [0.25, 0.3) is 66.9 Å². The molecule has 9 rings (SSSR count). The molecule has 4 aromatic heterocycles. The van der Waals surface area contributed by atoms with E-state index in [1.807, 2.05) is 88.9 Å². The summed E-state index contributed by atoms with van der Waals surface area (Å²) in [6.45, 7) is 9.09. The summed E-state index contributed by atoms with van der Waals surface area (Å²) in [4.78, 5) is 92.4. The topological polar surface area (TPSA) is 244 Å². The number of nitrogens with zero attached hydrogens (tertiary/aromatic N) is 8. The molecule has 74 heavy (non-hydrogen) atoms. The van der Waals surface area contributed by atoms with Gasteiger partial charge in [0.05, 0.1) is 57.2 Å². The summed E-state index contributed by atoms with van der Waals surface area (Å²) >= 11 is 0. The van der Waals surface area contributed by atoms with Crippen molar-refractivity contribution in [2.45, 2.75) is 51.6 Å². The monoisotopic (exact) mass is 1000 g/mol. The number of H-pyrrole nitrogens is 4. The maximum absolute atomic E-state index is 12.8. The molecule has 0 saturated carbocycles. The first kappa shape index (κ1) is 51.4. The first-order chi connectivity index (χ1) is 35.9. The largest absolute Gasteiger partial charge is 0.352 e. The van der Waals surface area contributed by atoms with Gasteiger partial charge in [-0.05, 0) is 153 Å². The average Bonchev–Trinajstić information content (AvgIpc) is 4.21. The van der Waals surface area contributed by atoms with E-state index in [0.29, 0.717) is 73.4 Å². The molecule has 1 saturated heterocycles. The molecule has 0 unspecified atom stereocenters. The van der Waals surface area contributed by atoms with E-state index in [1.54, 1.807) is 12.1 Å². The fourth-order valence-electron chi connectivity index (χ4n) is 9.26. The van der Waals surface area contributed by atoms with Gasteiger partial charge in [-0.15, -0.1) is 0 Å². The first-order valence-corrected chi connectivity index (χ1v) is 25.7. The molecule has 1 aliphatic rings. The highest BCUT2D eigenvalue weighted by molar-refractivity contribution is 5.99. The summed E-state index contributed by atoms with van der Waals surface area (Å²) in [5.74, 6) is 2.51. The van der Waals surface area contributed by atoms with Crippen molar-refractivity contribution in [1.82, 2.24) is 80.7 Å². The van der Waals surface area contributed by atoms with E-state index in [-0.39, 0.29) is 23.6 Å². The van der Waals surface area contributed by atoms with Gasteiger partial charge in [-0.2, -0.15) is 0 Å². The number of carbonyl (C=O) groups excluding carboxylic acids is 4. The van der Waals surface area contributed by atoms with Gasteiger partial charge in [0.15, 0.2) is 0 Å². The van der Waals surface area contributed by atoms with Crippen molar-refractivity contribution >= 4 is 67.8 Å². The van der Waals surface area contributed by atoms with Gasteiger partial charge in [0, 0.05) is 74.4 Å². The van der Waals surface area contributed by atoms with E-state index in [4.69, 9.17) is 9.97 Å².